The van der Waals surface area contributed by atoms with E-state index in [1.807, 2.05) is 6.07 Å². The van der Waals surface area contributed by atoms with Crippen molar-refractivity contribution in [2.75, 3.05) is 25.1 Å². The van der Waals surface area contributed by atoms with E-state index in [0.717, 1.165) is 6.42 Å². The van der Waals surface area contributed by atoms with Crippen LogP contribution in [0.3, 0.4) is 0 Å². The van der Waals surface area contributed by atoms with E-state index >= 15 is 0 Å². The lowest BCUT2D eigenvalue weighted by atomic mass is 10.2. The Bertz CT molecular complexity index is 412. The lowest BCUT2D eigenvalue weighted by Crippen LogP contribution is -2.11. The normalized spacial score (nSPS) is 9.65. The molecule has 0 aliphatic carbocycles. The molecule has 0 unspecified atom stereocenters. The highest BCUT2D eigenvalue weighted by Crippen LogP contribution is 2.17. The maximum atomic E-state index is 13.2. The van der Waals surface area contributed by atoms with Gasteiger partial charge in [0.2, 0.25) is 0 Å². The molecule has 1 N–H and O–H groups in total. The average molecular weight is 234 g/mol. The van der Waals surface area contributed by atoms with Crippen LogP contribution in [0.2, 0.25) is 0 Å². The second kappa shape index (κ2) is 7.42. The zero-order valence-corrected chi connectivity index (χ0v) is 9.58. The first-order chi connectivity index (χ1) is 8.29. The monoisotopic (exact) mass is 234 g/mol. The fourth-order valence-corrected chi connectivity index (χ4v) is 1.31. The Morgan fingerprint density at radius 2 is 2.29 bits per heavy atom. The zero-order valence-electron chi connectivity index (χ0n) is 9.58. The summed E-state index contributed by atoms with van der Waals surface area (Å²) in [6.45, 7) is 5.26. The Balaban J connectivity index is 2.39. The molecule has 0 spiro atoms. The first-order valence-electron chi connectivity index (χ1n) is 5.40. The number of benzene rings is 1. The molecule has 3 nitrogen and oxygen atoms in total. The minimum absolute atomic E-state index is 0.0404. The van der Waals surface area contributed by atoms with Gasteiger partial charge in [-0.3, -0.25) is 0 Å². The molecular weight excluding hydrogens is 219 g/mol. The average Bonchev–Trinajstić information content (AvgIpc) is 2.34. The molecule has 0 fully saturated rings. The Morgan fingerprint density at radius 3 is 3.00 bits per heavy atom. The molecule has 4 heteroatoms. The predicted octanol–water partition coefficient (Wildman–Crippen LogP) is 2.70. The van der Waals surface area contributed by atoms with Gasteiger partial charge >= 0.3 is 0 Å². The van der Waals surface area contributed by atoms with Gasteiger partial charge in [-0.15, -0.1) is 6.58 Å². The van der Waals surface area contributed by atoms with Crippen molar-refractivity contribution in [2.45, 2.75) is 6.42 Å². The highest BCUT2D eigenvalue weighted by atomic mass is 19.1. The Labute approximate surface area is 101 Å². The predicted molar refractivity (Wildman–Crippen MR) is 65.2 cm³/mol. The molecule has 1 aromatic rings. The number of hydrogen-bond donors (Lipinski definition) is 1. The highest BCUT2D eigenvalue weighted by molar-refractivity contribution is 5.57. The summed E-state index contributed by atoms with van der Waals surface area (Å²) in [6.07, 6.45) is 2.59. The fourth-order valence-electron chi connectivity index (χ4n) is 1.31. The van der Waals surface area contributed by atoms with Gasteiger partial charge in [0.1, 0.15) is 17.4 Å². The van der Waals surface area contributed by atoms with Crippen LogP contribution >= 0.6 is 0 Å². The summed E-state index contributed by atoms with van der Waals surface area (Å²) in [5.74, 6) is -0.509. The first kappa shape index (κ1) is 13.2. The molecule has 0 saturated heterocycles. The molecule has 17 heavy (non-hydrogen) atoms. The number of nitrogens with zero attached hydrogens (tertiary/aromatic N) is 1. The minimum atomic E-state index is -0.509. The molecule has 0 saturated carbocycles. The van der Waals surface area contributed by atoms with Crippen molar-refractivity contribution in [1.29, 1.82) is 5.26 Å². The van der Waals surface area contributed by atoms with Crippen molar-refractivity contribution in [3.8, 4) is 6.07 Å². The summed E-state index contributed by atoms with van der Waals surface area (Å²) in [5, 5.41) is 11.8. The number of rotatable bonds is 7. The lowest BCUT2D eigenvalue weighted by Gasteiger charge is -2.08. The van der Waals surface area contributed by atoms with Crippen LogP contribution < -0.4 is 5.32 Å². The molecule has 0 atom stereocenters. The summed E-state index contributed by atoms with van der Waals surface area (Å²) in [5.41, 5.74) is 0.540. The molecule has 1 rings (SSSR count). The van der Waals surface area contributed by atoms with E-state index < -0.39 is 5.82 Å². The second-order valence-electron chi connectivity index (χ2n) is 3.39. The Kier molecular flexibility index (Phi) is 5.76. The van der Waals surface area contributed by atoms with Gasteiger partial charge in [0, 0.05) is 6.54 Å². The van der Waals surface area contributed by atoms with Gasteiger partial charge in [-0.05, 0) is 18.6 Å². The van der Waals surface area contributed by atoms with Crippen LogP contribution in [0, 0.1) is 17.1 Å². The molecular formula is C13H15FN2O. The molecule has 90 valence electrons. The Hall–Kier alpha value is -1.86. The van der Waals surface area contributed by atoms with Crippen LogP contribution in [0.5, 0.6) is 0 Å². The molecule has 1 aromatic carbocycles. The first-order valence-corrected chi connectivity index (χ1v) is 5.40. The van der Waals surface area contributed by atoms with Crippen LogP contribution in [0.25, 0.3) is 0 Å². The highest BCUT2D eigenvalue weighted by Gasteiger charge is 2.06. The molecule has 0 amide bonds. The molecule has 0 aliphatic rings. The van der Waals surface area contributed by atoms with E-state index in [2.05, 4.69) is 11.9 Å². The number of nitriles is 1. The van der Waals surface area contributed by atoms with Gasteiger partial charge in [0.05, 0.1) is 18.9 Å². The van der Waals surface area contributed by atoms with Crippen molar-refractivity contribution in [2.24, 2.45) is 0 Å². The smallest absolute Gasteiger partial charge is 0.143 e. The number of nitrogens with one attached hydrogen (secondary N) is 1. The van der Waals surface area contributed by atoms with E-state index in [-0.39, 0.29) is 5.56 Å². The van der Waals surface area contributed by atoms with Crippen LogP contribution in [-0.4, -0.2) is 19.8 Å². The lowest BCUT2D eigenvalue weighted by molar-refractivity contribution is 0.149. The molecule has 0 aromatic heterocycles. The van der Waals surface area contributed by atoms with Crippen molar-refractivity contribution >= 4 is 5.69 Å². The van der Waals surface area contributed by atoms with Crippen molar-refractivity contribution in [3.05, 3.63) is 42.2 Å². The van der Waals surface area contributed by atoms with Gasteiger partial charge in [-0.25, -0.2) is 4.39 Å². The number of halogens is 1. The third-order valence-corrected chi connectivity index (χ3v) is 2.15. The van der Waals surface area contributed by atoms with Crippen LogP contribution in [0.4, 0.5) is 10.1 Å². The zero-order chi connectivity index (χ0) is 12.5. The fraction of sp³-hybridized carbons (Fsp3) is 0.308. The standard InChI is InChI=1S/C13H15FN2O/c1-2-3-8-17-9-7-16-13-6-4-5-12(14)11(13)10-15/h2,4-6,16H,1,3,7-9H2. The minimum Gasteiger partial charge on any atom is -0.382 e. The molecule has 0 heterocycles. The quantitative estimate of drug-likeness (QED) is 0.582. The summed E-state index contributed by atoms with van der Waals surface area (Å²) in [7, 11) is 0. The van der Waals surface area contributed by atoms with E-state index in [4.69, 9.17) is 10.00 Å². The second-order valence-corrected chi connectivity index (χ2v) is 3.39. The van der Waals surface area contributed by atoms with E-state index in [0.29, 0.717) is 25.4 Å². The topological polar surface area (TPSA) is 45.0 Å². The van der Waals surface area contributed by atoms with Crippen LogP contribution in [0.1, 0.15) is 12.0 Å². The Morgan fingerprint density at radius 1 is 1.47 bits per heavy atom. The molecule has 0 bridgehead atoms. The van der Waals surface area contributed by atoms with Gasteiger partial charge in [-0.1, -0.05) is 12.1 Å². The maximum Gasteiger partial charge on any atom is 0.143 e. The maximum absolute atomic E-state index is 13.2. The van der Waals surface area contributed by atoms with E-state index in [1.165, 1.54) is 6.07 Å². The van der Waals surface area contributed by atoms with Crippen molar-refractivity contribution in [3.63, 3.8) is 0 Å². The van der Waals surface area contributed by atoms with E-state index in [9.17, 15) is 4.39 Å². The van der Waals surface area contributed by atoms with Crippen LogP contribution in [-0.2, 0) is 4.74 Å². The van der Waals surface area contributed by atoms with Gasteiger partial charge in [-0.2, -0.15) is 5.26 Å². The molecule has 0 aliphatic heterocycles. The van der Waals surface area contributed by atoms with Crippen LogP contribution in [0.15, 0.2) is 30.9 Å². The third kappa shape index (κ3) is 4.25. The number of anilines is 1. The number of ether oxygens (including phenoxy) is 1. The summed E-state index contributed by atoms with van der Waals surface area (Å²) in [4.78, 5) is 0. The van der Waals surface area contributed by atoms with Crippen molar-refractivity contribution in [1.82, 2.24) is 0 Å². The summed E-state index contributed by atoms with van der Waals surface area (Å²) in [6, 6.07) is 6.34. The summed E-state index contributed by atoms with van der Waals surface area (Å²) >= 11 is 0. The SMILES string of the molecule is C=CCCOCCNc1cccc(F)c1C#N. The molecule has 0 radical (unpaired) electrons. The van der Waals surface area contributed by atoms with E-state index in [1.54, 1.807) is 18.2 Å². The number of hydrogen-bond acceptors (Lipinski definition) is 3. The third-order valence-electron chi connectivity index (χ3n) is 2.15. The summed E-state index contributed by atoms with van der Waals surface area (Å²) < 4.78 is 18.5. The van der Waals surface area contributed by atoms with Gasteiger partial charge in [0.25, 0.3) is 0 Å². The van der Waals surface area contributed by atoms with Gasteiger partial charge < -0.3 is 10.1 Å². The largest absolute Gasteiger partial charge is 0.382 e. The van der Waals surface area contributed by atoms with Gasteiger partial charge in [0.15, 0.2) is 0 Å². The van der Waals surface area contributed by atoms with Crippen molar-refractivity contribution < 1.29 is 9.13 Å².